The summed E-state index contributed by atoms with van der Waals surface area (Å²) in [7, 11) is 1.86. The molecule has 1 atom stereocenters. The van der Waals surface area contributed by atoms with Crippen LogP contribution in [-0.2, 0) is 16.6 Å². The minimum atomic E-state index is -0.584. The number of carbonyl (C=O) groups is 2. The van der Waals surface area contributed by atoms with Gasteiger partial charge in [0.1, 0.15) is 12.4 Å². The largest absolute Gasteiger partial charge is 0.344 e. The van der Waals surface area contributed by atoms with Crippen LogP contribution in [-0.4, -0.2) is 32.6 Å². The first-order valence-corrected chi connectivity index (χ1v) is 8.82. The highest BCUT2D eigenvalue weighted by molar-refractivity contribution is 5.97. The molecular weight excluding hydrogens is 330 g/mol. The highest BCUT2D eigenvalue weighted by Crippen LogP contribution is 2.20. The van der Waals surface area contributed by atoms with E-state index in [2.05, 4.69) is 20.8 Å². The molecule has 1 heterocycles. The summed E-state index contributed by atoms with van der Waals surface area (Å²) in [6.45, 7) is 7.77. The van der Waals surface area contributed by atoms with E-state index in [-0.39, 0.29) is 23.7 Å². The molecule has 7 nitrogen and oxygen atoms in total. The fraction of sp³-hybridized carbons (Fsp3) is 0.474. The van der Waals surface area contributed by atoms with Crippen molar-refractivity contribution >= 4 is 17.5 Å². The van der Waals surface area contributed by atoms with Crippen molar-refractivity contribution < 1.29 is 9.59 Å². The summed E-state index contributed by atoms with van der Waals surface area (Å²) < 4.78 is 1.81. The predicted octanol–water partition coefficient (Wildman–Crippen LogP) is 2.61. The molecule has 26 heavy (non-hydrogen) atoms. The molecule has 140 valence electrons. The highest BCUT2D eigenvalue weighted by Gasteiger charge is 2.24. The molecule has 2 aromatic rings. The SMILES string of the molecule is CC(C)CC(=O)N[C@H](C(=O)Nc1cccc(-c2nncn2C)c1)C(C)C. The Hall–Kier alpha value is -2.70. The van der Waals surface area contributed by atoms with Crippen molar-refractivity contribution in [3.63, 3.8) is 0 Å². The third kappa shape index (κ3) is 5.15. The van der Waals surface area contributed by atoms with Gasteiger partial charge < -0.3 is 15.2 Å². The summed E-state index contributed by atoms with van der Waals surface area (Å²) >= 11 is 0. The molecule has 2 rings (SSSR count). The first kappa shape index (κ1) is 19.6. The lowest BCUT2D eigenvalue weighted by Gasteiger charge is -2.22. The number of anilines is 1. The van der Waals surface area contributed by atoms with Gasteiger partial charge in [0.15, 0.2) is 5.82 Å². The zero-order chi connectivity index (χ0) is 19.3. The highest BCUT2D eigenvalue weighted by atomic mass is 16.2. The quantitative estimate of drug-likeness (QED) is 0.797. The number of benzene rings is 1. The topological polar surface area (TPSA) is 88.9 Å². The molecule has 0 saturated heterocycles. The summed E-state index contributed by atoms with van der Waals surface area (Å²) in [4.78, 5) is 24.7. The Morgan fingerprint density at radius 1 is 1.19 bits per heavy atom. The second-order valence-corrected chi connectivity index (χ2v) is 7.22. The molecule has 0 radical (unpaired) electrons. The molecule has 2 N–H and O–H groups in total. The van der Waals surface area contributed by atoms with Crippen LogP contribution in [0.4, 0.5) is 5.69 Å². The average molecular weight is 357 g/mol. The fourth-order valence-electron chi connectivity index (χ4n) is 2.64. The number of aromatic nitrogens is 3. The van der Waals surface area contributed by atoms with Crippen molar-refractivity contribution in [3.8, 4) is 11.4 Å². The minimum absolute atomic E-state index is 0.0203. The Bertz CT molecular complexity index is 767. The van der Waals surface area contributed by atoms with E-state index >= 15 is 0 Å². The smallest absolute Gasteiger partial charge is 0.247 e. The van der Waals surface area contributed by atoms with Crippen LogP contribution in [0.25, 0.3) is 11.4 Å². The molecule has 0 saturated carbocycles. The lowest BCUT2D eigenvalue weighted by Crippen LogP contribution is -2.47. The number of nitrogens with one attached hydrogen (secondary N) is 2. The molecule has 0 spiro atoms. The van der Waals surface area contributed by atoms with Crippen LogP contribution in [0.3, 0.4) is 0 Å². The zero-order valence-electron chi connectivity index (χ0n) is 16.0. The monoisotopic (exact) mass is 357 g/mol. The summed E-state index contributed by atoms with van der Waals surface area (Å²) in [6, 6.07) is 6.82. The molecule has 7 heteroatoms. The lowest BCUT2D eigenvalue weighted by molar-refractivity contribution is -0.127. The van der Waals surface area contributed by atoms with E-state index in [4.69, 9.17) is 0 Å². The lowest BCUT2D eigenvalue weighted by atomic mass is 10.0. The number of hydrogen-bond donors (Lipinski definition) is 2. The number of rotatable bonds is 7. The van der Waals surface area contributed by atoms with Gasteiger partial charge in [-0.15, -0.1) is 10.2 Å². The van der Waals surface area contributed by atoms with Gasteiger partial charge in [-0.3, -0.25) is 9.59 Å². The normalized spacial score (nSPS) is 12.3. The van der Waals surface area contributed by atoms with Crippen LogP contribution in [0.15, 0.2) is 30.6 Å². The molecule has 0 fully saturated rings. The zero-order valence-corrected chi connectivity index (χ0v) is 16.0. The third-order valence-electron chi connectivity index (χ3n) is 3.96. The fourth-order valence-corrected chi connectivity index (χ4v) is 2.64. The summed E-state index contributed by atoms with van der Waals surface area (Å²) in [5, 5.41) is 13.7. The second kappa shape index (κ2) is 8.60. The van der Waals surface area contributed by atoms with Gasteiger partial charge in [0.2, 0.25) is 11.8 Å². The summed E-state index contributed by atoms with van der Waals surface area (Å²) in [5.41, 5.74) is 1.51. The van der Waals surface area contributed by atoms with E-state index in [0.717, 1.165) is 5.56 Å². The third-order valence-corrected chi connectivity index (χ3v) is 3.96. The van der Waals surface area contributed by atoms with Crippen LogP contribution in [0.5, 0.6) is 0 Å². The average Bonchev–Trinajstić information content (AvgIpc) is 2.98. The molecular formula is C19H27N5O2. The molecule has 2 amide bonds. The van der Waals surface area contributed by atoms with Crippen LogP contribution < -0.4 is 10.6 Å². The minimum Gasteiger partial charge on any atom is -0.344 e. The van der Waals surface area contributed by atoms with Crippen LogP contribution >= 0.6 is 0 Å². The van der Waals surface area contributed by atoms with Crippen molar-refractivity contribution in [2.45, 2.75) is 40.2 Å². The van der Waals surface area contributed by atoms with E-state index in [9.17, 15) is 9.59 Å². The maximum atomic E-state index is 12.7. The van der Waals surface area contributed by atoms with E-state index in [1.807, 2.05) is 63.6 Å². The number of aryl methyl sites for hydroxylation is 1. The Balaban J connectivity index is 2.11. The Morgan fingerprint density at radius 3 is 2.50 bits per heavy atom. The molecule has 0 aliphatic carbocycles. The van der Waals surface area contributed by atoms with E-state index in [0.29, 0.717) is 17.9 Å². The van der Waals surface area contributed by atoms with Gasteiger partial charge in [-0.25, -0.2) is 0 Å². The number of carbonyl (C=O) groups excluding carboxylic acids is 2. The van der Waals surface area contributed by atoms with Crippen molar-refractivity contribution in [1.29, 1.82) is 0 Å². The second-order valence-electron chi connectivity index (χ2n) is 7.22. The first-order chi connectivity index (χ1) is 12.3. The van der Waals surface area contributed by atoms with Gasteiger partial charge in [-0.05, 0) is 24.0 Å². The van der Waals surface area contributed by atoms with Gasteiger partial charge in [0.25, 0.3) is 0 Å². The van der Waals surface area contributed by atoms with Crippen molar-refractivity contribution in [1.82, 2.24) is 20.1 Å². The Labute approximate surface area is 154 Å². The van der Waals surface area contributed by atoms with Crippen molar-refractivity contribution in [3.05, 3.63) is 30.6 Å². The van der Waals surface area contributed by atoms with Crippen LogP contribution in [0.2, 0.25) is 0 Å². The van der Waals surface area contributed by atoms with Gasteiger partial charge in [0.05, 0.1) is 0 Å². The van der Waals surface area contributed by atoms with Crippen molar-refractivity contribution in [2.75, 3.05) is 5.32 Å². The van der Waals surface area contributed by atoms with Crippen LogP contribution in [0.1, 0.15) is 34.1 Å². The molecule has 1 aromatic carbocycles. The number of hydrogen-bond acceptors (Lipinski definition) is 4. The molecule has 0 bridgehead atoms. The maximum absolute atomic E-state index is 12.7. The molecule has 1 aromatic heterocycles. The van der Waals surface area contributed by atoms with E-state index < -0.39 is 6.04 Å². The standard InChI is InChI=1S/C19H27N5O2/c1-12(2)9-16(25)22-17(13(3)4)19(26)21-15-8-6-7-14(10-15)18-23-20-11-24(18)5/h6-8,10-13,17H,9H2,1-5H3,(H,21,26)(H,22,25)/t17-/m0/s1. The summed E-state index contributed by atoms with van der Waals surface area (Å²) in [6.07, 6.45) is 2.03. The predicted molar refractivity (Wildman–Crippen MR) is 101 cm³/mol. The first-order valence-electron chi connectivity index (χ1n) is 8.82. The number of amides is 2. The van der Waals surface area contributed by atoms with E-state index in [1.165, 1.54) is 0 Å². The Morgan fingerprint density at radius 2 is 1.92 bits per heavy atom. The van der Waals surface area contributed by atoms with E-state index in [1.54, 1.807) is 6.33 Å². The van der Waals surface area contributed by atoms with Gasteiger partial charge in [-0.2, -0.15) is 0 Å². The van der Waals surface area contributed by atoms with Crippen LogP contribution in [0, 0.1) is 11.8 Å². The maximum Gasteiger partial charge on any atom is 0.247 e. The summed E-state index contributed by atoms with van der Waals surface area (Å²) in [5.74, 6) is 0.600. The Kier molecular flexibility index (Phi) is 6.49. The molecule has 0 aliphatic heterocycles. The van der Waals surface area contributed by atoms with Gasteiger partial charge in [-0.1, -0.05) is 39.8 Å². The molecule has 0 unspecified atom stereocenters. The van der Waals surface area contributed by atoms with Crippen molar-refractivity contribution in [2.24, 2.45) is 18.9 Å². The van der Waals surface area contributed by atoms with Gasteiger partial charge >= 0.3 is 0 Å². The molecule has 0 aliphatic rings. The number of nitrogens with zero attached hydrogens (tertiary/aromatic N) is 3. The van der Waals surface area contributed by atoms with Gasteiger partial charge in [0, 0.05) is 24.7 Å².